The van der Waals surface area contributed by atoms with Gasteiger partial charge in [0.05, 0.1) is 24.6 Å². The predicted octanol–water partition coefficient (Wildman–Crippen LogP) is 2.47. The first kappa shape index (κ1) is 16.7. The molecule has 0 bridgehead atoms. The first-order valence-corrected chi connectivity index (χ1v) is 9.53. The van der Waals surface area contributed by atoms with Gasteiger partial charge >= 0.3 is 0 Å². The van der Waals surface area contributed by atoms with Gasteiger partial charge in [-0.2, -0.15) is 0 Å². The Labute approximate surface area is 155 Å². The number of morpholine rings is 1. The molecule has 0 N–H and O–H groups in total. The Kier molecular flexibility index (Phi) is 4.85. The van der Waals surface area contributed by atoms with E-state index >= 15 is 0 Å². The molecule has 2 fully saturated rings. The summed E-state index contributed by atoms with van der Waals surface area (Å²) in [5, 5.41) is 1.02. The van der Waals surface area contributed by atoms with Crippen molar-refractivity contribution in [2.75, 3.05) is 44.3 Å². The lowest BCUT2D eigenvalue weighted by Gasteiger charge is -2.37. The summed E-state index contributed by atoms with van der Waals surface area (Å²) in [6, 6.07) is 6.03. The number of fused-ring (bicyclic) bond motifs is 1. The number of hydrogen-bond donors (Lipinski definition) is 0. The highest BCUT2D eigenvalue weighted by molar-refractivity contribution is 9.10. The fourth-order valence-corrected chi connectivity index (χ4v) is 4.04. The van der Waals surface area contributed by atoms with Crippen LogP contribution in [0, 0.1) is 5.92 Å². The predicted molar refractivity (Wildman–Crippen MR) is 99.6 cm³/mol. The summed E-state index contributed by atoms with van der Waals surface area (Å²) in [5.74, 6) is 1.21. The second-order valence-corrected chi connectivity index (χ2v) is 7.50. The van der Waals surface area contributed by atoms with E-state index in [1.165, 1.54) is 0 Å². The average molecular weight is 405 g/mol. The quantitative estimate of drug-likeness (QED) is 0.769. The number of carbonyl (C=O) groups excluding carboxylic acids is 1. The van der Waals surface area contributed by atoms with E-state index in [0.29, 0.717) is 26.3 Å². The zero-order valence-electron chi connectivity index (χ0n) is 14.0. The van der Waals surface area contributed by atoms with E-state index < -0.39 is 0 Å². The summed E-state index contributed by atoms with van der Waals surface area (Å²) >= 11 is 3.53. The molecular weight excluding hydrogens is 384 g/mol. The van der Waals surface area contributed by atoms with Gasteiger partial charge in [-0.1, -0.05) is 15.9 Å². The van der Waals surface area contributed by atoms with Crippen molar-refractivity contribution in [3.63, 3.8) is 0 Å². The van der Waals surface area contributed by atoms with Crippen molar-refractivity contribution in [3.8, 4) is 0 Å². The van der Waals surface area contributed by atoms with Gasteiger partial charge in [-0.25, -0.2) is 9.97 Å². The van der Waals surface area contributed by atoms with E-state index in [1.54, 1.807) is 6.33 Å². The Bertz CT molecular complexity index is 779. The van der Waals surface area contributed by atoms with Gasteiger partial charge in [0.15, 0.2) is 0 Å². The summed E-state index contributed by atoms with van der Waals surface area (Å²) in [6.45, 7) is 4.34. The molecule has 4 rings (SSSR count). The fraction of sp³-hybridized carbons (Fsp3) is 0.500. The van der Waals surface area contributed by atoms with Crippen LogP contribution in [0.15, 0.2) is 29.0 Å². The highest BCUT2D eigenvalue weighted by atomic mass is 79.9. The van der Waals surface area contributed by atoms with Crippen LogP contribution >= 0.6 is 15.9 Å². The van der Waals surface area contributed by atoms with Crippen LogP contribution in [0.25, 0.3) is 10.9 Å². The zero-order chi connectivity index (χ0) is 17.2. The van der Waals surface area contributed by atoms with Gasteiger partial charge in [-0.15, -0.1) is 0 Å². The Morgan fingerprint density at radius 3 is 2.88 bits per heavy atom. The van der Waals surface area contributed by atoms with Crippen molar-refractivity contribution >= 4 is 38.6 Å². The Hall–Kier alpha value is -1.73. The fourth-order valence-electron chi connectivity index (χ4n) is 3.68. The molecule has 1 atom stereocenters. The van der Waals surface area contributed by atoms with Crippen LogP contribution in [0.2, 0.25) is 0 Å². The maximum Gasteiger partial charge on any atom is 0.227 e. The molecule has 3 heterocycles. The number of amides is 1. The van der Waals surface area contributed by atoms with Crippen LogP contribution in [-0.4, -0.2) is 60.2 Å². The van der Waals surface area contributed by atoms with Crippen molar-refractivity contribution < 1.29 is 9.53 Å². The topological polar surface area (TPSA) is 58.6 Å². The van der Waals surface area contributed by atoms with Crippen molar-refractivity contribution in [2.45, 2.75) is 12.8 Å². The van der Waals surface area contributed by atoms with Gasteiger partial charge in [-0.05, 0) is 31.0 Å². The van der Waals surface area contributed by atoms with Crippen molar-refractivity contribution in [1.29, 1.82) is 0 Å². The smallest absolute Gasteiger partial charge is 0.227 e. The average Bonchev–Trinajstić information content (AvgIpc) is 2.67. The number of rotatable bonds is 2. The number of piperidine rings is 1. The van der Waals surface area contributed by atoms with Crippen LogP contribution in [0.1, 0.15) is 12.8 Å². The highest BCUT2D eigenvalue weighted by Gasteiger charge is 2.31. The molecule has 2 aromatic rings. The maximum atomic E-state index is 12.9. The Morgan fingerprint density at radius 1 is 1.20 bits per heavy atom. The lowest BCUT2D eigenvalue weighted by Crippen LogP contribution is -2.48. The summed E-state index contributed by atoms with van der Waals surface area (Å²) in [5.41, 5.74) is 0.926. The van der Waals surface area contributed by atoms with Gasteiger partial charge in [0.1, 0.15) is 12.1 Å². The molecule has 2 aliphatic heterocycles. The molecule has 0 radical (unpaired) electrons. The van der Waals surface area contributed by atoms with E-state index in [-0.39, 0.29) is 11.8 Å². The minimum atomic E-state index is 0.0315. The molecule has 25 heavy (non-hydrogen) atoms. The van der Waals surface area contributed by atoms with Gasteiger partial charge in [-0.3, -0.25) is 4.79 Å². The number of carbonyl (C=O) groups is 1. The monoisotopic (exact) mass is 404 g/mol. The number of halogens is 1. The van der Waals surface area contributed by atoms with Crippen LogP contribution in [0.3, 0.4) is 0 Å². The lowest BCUT2D eigenvalue weighted by atomic mass is 9.96. The minimum absolute atomic E-state index is 0.0315. The number of nitrogens with zero attached hydrogens (tertiary/aromatic N) is 4. The molecular formula is C18H21BrN4O2. The first-order chi connectivity index (χ1) is 12.2. The van der Waals surface area contributed by atoms with Crippen molar-refractivity contribution in [2.24, 2.45) is 5.92 Å². The standard InChI is InChI=1S/C18H21BrN4O2/c19-14-3-4-16-15(10-14)17(21-12-20-16)23-5-1-2-13(11-23)18(24)22-6-8-25-9-7-22/h3-4,10,12-13H,1-2,5-9,11H2. The van der Waals surface area contributed by atoms with E-state index in [2.05, 4.69) is 36.9 Å². The molecule has 1 unspecified atom stereocenters. The van der Waals surface area contributed by atoms with Crippen LogP contribution < -0.4 is 4.90 Å². The molecule has 2 aliphatic rings. The third kappa shape index (κ3) is 3.48. The molecule has 132 valence electrons. The van der Waals surface area contributed by atoms with Crippen LogP contribution in [0.4, 0.5) is 5.82 Å². The molecule has 0 saturated carbocycles. The number of benzene rings is 1. The van der Waals surface area contributed by atoms with Crippen molar-refractivity contribution in [1.82, 2.24) is 14.9 Å². The third-order valence-electron chi connectivity index (χ3n) is 4.97. The number of ether oxygens (including phenoxy) is 1. The van der Waals surface area contributed by atoms with Crippen molar-refractivity contribution in [3.05, 3.63) is 29.0 Å². The first-order valence-electron chi connectivity index (χ1n) is 8.74. The number of hydrogen-bond acceptors (Lipinski definition) is 5. The normalized spacial score (nSPS) is 21.6. The maximum absolute atomic E-state index is 12.9. The van der Waals surface area contributed by atoms with Gasteiger partial charge in [0.25, 0.3) is 0 Å². The second kappa shape index (κ2) is 7.25. The second-order valence-electron chi connectivity index (χ2n) is 6.58. The highest BCUT2D eigenvalue weighted by Crippen LogP contribution is 2.30. The lowest BCUT2D eigenvalue weighted by molar-refractivity contribution is -0.139. The molecule has 7 heteroatoms. The van der Waals surface area contributed by atoms with E-state index in [1.807, 2.05) is 17.0 Å². The van der Waals surface area contributed by atoms with Gasteiger partial charge in [0.2, 0.25) is 5.91 Å². The minimum Gasteiger partial charge on any atom is -0.378 e. The van der Waals surface area contributed by atoms with E-state index in [9.17, 15) is 4.79 Å². The van der Waals surface area contributed by atoms with Crippen LogP contribution in [-0.2, 0) is 9.53 Å². The summed E-state index contributed by atoms with van der Waals surface area (Å²) in [7, 11) is 0. The summed E-state index contributed by atoms with van der Waals surface area (Å²) in [4.78, 5) is 25.9. The summed E-state index contributed by atoms with van der Waals surface area (Å²) < 4.78 is 6.37. The van der Waals surface area contributed by atoms with Gasteiger partial charge in [0, 0.05) is 36.0 Å². The Balaban J connectivity index is 1.57. The largest absolute Gasteiger partial charge is 0.378 e. The molecule has 0 spiro atoms. The molecule has 6 nitrogen and oxygen atoms in total. The third-order valence-corrected chi connectivity index (χ3v) is 5.46. The molecule has 0 aliphatic carbocycles. The number of anilines is 1. The summed E-state index contributed by atoms with van der Waals surface area (Å²) in [6.07, 6.45) is 3.55. The SMILES string of the molecule is O=C(C1CCCN(c2ncnc3ccc(Br)cc23)C1)N1CCOCC1. The number of aromatic nitrogens is 2. The Morgan fingerprint density at radius 2 is 2.04 bits per heavy atom. The van der Waals surface area contributed by atoms with Gasteiger partial charge < -0.3 is 14.5 Å². The molecule has 1 aromatic carbocycles. The zero-order valence-corrected chi connectivity index (χ0v) is 15.6. The van der Waals surface area contributed by atoms with E-state index in [4.69, 9.17) is 4.74 Å². The van der Waals surface area contributed by atoms with Crippen LogP contribution in [0.5, 0.6) is 0 Å². The molecule has 2 saturated heterocycles. The molecule has 1 amide bonds. The molecule has 1 aromatic heterocycles. The van der Waals surface area contributed by atoms with E-state index in [0.717, 1.165) is 47.1 Å².